The van der Waals surface area contributed by atoms with Crippen LogP contribution in [0, 0.1) is 0 Å². The SMILES string of the molecule is NC(=O)CCCn1c(SCC(=O)O)nc2cc(Cl)cnc21. The molecule has 21 heavy (non-hydrogen) atoms. The van der Waals surface area contributed by atoms with Crippen LogP contribution < -0.4 is 5.73 Å². The van der Waals surface area contributed by atoms with Gasteiger partial charge < -0.3 is 15.4 Å². The van der Waals surface area contributed by atoms with Gasteiger partial charge in [0.2, 0.25) is 5.91 Å². The third-order valence-electron chi connectivity index (χ3n) is 2.65. The molecule has 0 aromatic carbocycles. The molecule has 0 unspecified atom stereocenters. The highest BCUT2D eigenvalue weighted by molar-refractivity contribution is 7.99. The molecule has 2 rings (SSSR count). The number of nitrogens with two attached hydrogens (primary N) is 1. The molecule has 9 heteroatoms. The van der Waals surface area contributed by atoms with Crippen LogP contribution in [0.1, 0.15) is 12.8 Å². The van der Waals surface area contributed by atoms with E-state index in [0.29, 0.717) is 34.3 Å². The molecule has 0 bridgehead atoms. The summed E-state index contributed by atoms with van der Waals surface area (Å²) in [5.74, 6) is -1.41. The Kier molecular flexibility index (Phi) is 5.03. The highest BCUT2D eigenvalue weighted by Gasteiger charge is 2.14. The monoisotopic (exact) mass is 328 g/mol. The van der Waals surface area contributed by atoms with Crippen molar-refractivity contribution in [2.75, 3.05) is 5.75 Å². The topological polar surface area (TPSA) is 111 Å². The summed E-state index contributed by atoms with van der Waals surface area (Å²) in [7, 11) is 0. The number of rotatable bonds is 7. The van der Waals surface area contributed by atoms with Crippen molar-refractivity contribution in [3.8, 4) is 0 Å². The molecular weight excluding hydrogens is 316 g/mol. The lowest BCUT2D eigenvalue weighted by Crippen LogP contribution is -2.12. The molecule has 1 amide bonds. The second kappa shape index (κ2) is 6.77. The van der Waals surface area contributed by atoms with Crippen LogP contribution in [-0.2, 0) is 16.1 Å². The van der Waals surface area contributed by atoms with E-state index in [2.05, 4.69) is 9.97 Å². The van der Waals surface area contributed by atoms with Crippen molar-refractivity contribution in [1.29, 1.82) is 0 Å². The minimum absolute atomic E-state index is 0.104. The second-order valence-electron chi connectivity index (χ2n) is 4.29. The van der Waals surface area contributed by atoms with Crippen molar-refractivity contribution in [1.82, 2.24) is 14.5 Å². The molecule has 0 aliphatic heterocycles. The number of primary amides is 1. The normalized spacial score (nSPS) is 10.9. The molecule has 0 aliphatic rings. The van der Waals surface area contributed by atoms with Crippen molar-refractivity contribution in [3.05, 3.63) is 17.3 Å². The van der Waals surface area contributed by atoms with E-state index in [-0.39, 0.29) is 18.1 Å². The first-order valence-electron chi connectivity index (χ1n) is 6.12. The standard InChI is InChI=1S/C12H13ClN4O3S/c13-7-4-8-11(15-5-7)17(3-1-2-9(14)18)12(16-8)21-6-10(19)20/h4-5H,1-3,6H2,(H2,14,18)(H,19,20). The Labute approximate surface area is 129 Å². The Hall–Kier alpha value is -1.80. The van der Waals surface area contributed by atoms with Crippen molar-refractivity contribution in [2.24, 2.45) is 5.73 Å². The zero-order chi connectivity index (χ0) is 15.4. The number of fused-ring (bicyclic) bond motifs is 1. The van der Waals surface area contributed by atoms with E-state index in [1.54, 1.807) is 10.6 Å². The van der Waals surface area contributed by atoms with Gasteiger partial charge in [-0.2, -0.15) is 0 Å². The summed E-state index contributed by atoms with van der Waals surface area (Å²) in [4.78, 5) is 30.1. The highest BCUT2D eigenvalue weighted by atomic mass is 35.5. The largest absolute Gasteiger partial charge is 0.481 e. The van der Waals surface area contributed by atoms with Gasteiger partial charge in [-0.25, -0.2) is 9.97 Å². The average molecular weight is 329 g/mol. The number of carbonyl (C=O) groups is 2. The van der Waals surface area contributed by atoms with E-state index >= 15 is 0 Å². The molecule has 0 saturated heterocycles. The zero-order valence-corrected chi connectivity index (χ0v) is 12.5. The second-order valence-corrected chi connectivity index (χ2v) is 5.67. The summed E-state index contributed by atoms with van der Waals surface area (Å²) in [6.45, 7) is 0.482. The minimum Gasteiger partial charge on any atom is -0.481 e. The van der Waals surface area contributed by atoms with Gasteiger partial charge in [0, 0.05) is 19.2 Å². The summed E-state index contributed by atoms with van der Waals surface area (Å²) in [6.07, 6.45) is 2.28. The Morgan fingerprint density at radius 1 is 1.48 bits per heavy atom. The van der Waals surface area contributed by atoms with Crippen LogP contribution in [-0.4, -0.2) is 37.3 Å². The first-order valence-corrected chi connectivity index (χ1v) is 7.48. The van der Waals surface area contributed by atoms with Gasteiger partial charge in [0.15, 0.2) is 10.8 Å². The first kappa shape index (κ1) is 15.6. The molecular formula is C12H13ClN4O3S. The molecule has 0 fully saturated rings. The van der Waals surface area contributed by atoms with E-state index in [0.717, 1.165) is 11.8 Å². The molecule has 0 atom stereocenters. The maximum absolute atomic E-state index is 10.8. The van der Waals surface area contributed by atoms with Crippen LogP contribution in [0.4, 0.5) is 0 Å². The lowest BCUT2D eigenvalue weighted by Gasteiger charge is -2.06. The maximum atomic E-state index is 10.8. The molecule has 0 radical (unpaired) electrons. The van der Waals surface area contributed by atoms with Crippen molar-refractivity contribution in [2.45, 2.75) is 24.5 Å². The summed E-state index contributed by atoms with van der Waals surface area (Å²) in [5.41, 5.74) is 6.32. The predicted octanol–water partition coefficient (Wildman–Crippen LogP) is 1.53. The lowest BCUT2D eigenvalue weighted by molar-refractivity contribution is -0.133. The summed E-state index contributed by atoms with van der Waals surface area (Å²) in [5, 5.41) is 9.77. The molecule has 3 N–H and O–H groups in total. The number of nitrogens with zero attached hydrogens (tertiary/aromatic N) is 3. The van der Waals surface area contributed by atoms with E-state index < -0.39 is 5.97 Å². The van der Waals surface area contributed by atoms with Crippen molar-refractivity contribution >= 4 is 46.4 Å². The van der Waals surface area contributed by atoms with Crippen LogP contribution in [0.5, 0.6) is 0 Å². The van der Waals surface area contributed by atoms with Gasteiger partial charge in [-0.3, -0.25) is 9.59 Å². The number of pyridine rings is 1. The van der Waals surface area contributed by atoms with E-state index in [1.165, 1.54) is 6.20 Å². The van der Waals surface area contributed by atoms with Crippen LogP contribution in [0.25, 0.3) is 11.2 Å². The Bertz CT molecular complexity index is 688. The molecule has 7 nitrogen and oxygen atoms in total. The molecule has 0 aliphatic carbocycles. The molecule has 0 saturated carbocycles. The van der Waals surface area contributed by atoms with Crippen LogP contribution in [0.2, 0.25) is 5.02 Å². The lowest BCUT2D eigenvalue weighted by atomic mass is 10.3. The number of halogens is 1. The number of thioether (sulfide) groups is 1. The number of aliphatic carboxylic acids is 1. The van der Waals surface area contributed by atoms with Gasteiger partial charge in [0.1, 0.15) is 5.52 Å². The quantitative estimate of drug-likeness (QED) is 0.745. The fraction of sp³-hybridized carbons (Fsp3) is 0.333. The van der Waals surface area contributed by atoms with Crippen LogP contribution >= 0.6 is 23.4 Å². The number of aryl methyl sites for hydroxylation is 1. The third-order valence-corrected chi connectivity index (χ3v) is 3.81. The smallest absolute Gasteiger partial charge is 0.313 e. The molecule has 2 heterocycles. The van der Waals surface area contributed by atoms with Gasteiger partial charge in [-0.15, -0.1) is 0 Å². The summed E-state index contributed by atoms with van der Waals surface area (Å²) >= 11 is 6.98. The van der Waals surface area contributed by atoms with Gasteiger partial charge >= 0.3 is 5.97 Å². The van der Waals surface area contributed by atoms with Crippen molar-refractivity contribution < 1.29 is 14.7 Å². The zero-order valence-electron chi connectivity index (χ0n) is 11.0. The molecule has 0 spiro atoms. The Balaban J connectivity index is 2.29. The highest BCUT2D eigenvalue weighted by Crippen LogP contribution is 2.25. The number of carboxylic acid groups (broad SMARTS) is 1. The Morgan fingerprint density at radius 3 is 2.90 bits per heavy atom. The number of aromatic nitrogens is 3. The van der Waals surface area contributed by atoms with E-state index in [1.807, 2.05) is 0 Å². The third kappa shape index (κ3) is 4.08. The van der Waals surface area contributed by atoms with Gasteiger partial charge in [0.25, 0.3) is 0 Å². The van der Waals surface area contributed by atoms with Crippen LogP contribution in [0.15, 0.2) is 17.4 Å². The number of imidazole rings is 1. The van der Waals surface area contributed by atoms with Crippen LogP contribution in [0.3, 0.4) is 0 Å². The number of carboxylic acids is 1. The van der Waals surface area contributed by atoms with Gasteiger partial charge in [-0.1, -0.05) is 23.4 Å². The predicted molar refractivity (Wildman–Crippen MR) is 79.3 cm³/mol. The summed E-state index contributed by atoms with van der Waals surface area (Å²) < 4.78 is 1.78. The number of hydrogen-bond donors (Lipinski definition) is 2. The van der Waals surface area contributed by atoms with E-state index in [4.69, 9.17) is 22.4 Å². The Morgan fingerprint density at radius 2 is 2.24 bits per heavy atom. The number of amides is 1. The molecule has 2 aromatic heterocycles. The maximum Gasteiger partial charge on any atom is 0.313 e. The minimum atomic E-state index is -0.929. The molecule has 112 valence electrons. The fourth-order valence-electron chi connectivity index (χ4n) is 1.82. The average Bonchev–Trinajstić information content (AvgIpc) is 2.73. The first-order chi connectivity index (χ1) is 9.97. The van der Waals surface area contributed by atoms with Gasteiger partial charge in [0.05, 0.1) is 10.8 Å². The van der Waals surface area contributed by atoms with Crippen molar-refractivity contribution in [3.63, 3.8) is 0 Å². The summed E-state index contributed by atoms with van der Waals surface area (Å²) in [6, 6.07) is 1.67. The van der Waals surface area contributed by atoms with E-state index in [9.17, 15) is 9.59 Å². The fourth-order valence-corrected chi connectivity index (χ4v) is 2.72. The number of carbonyl (C=O) groups excluding carboxylic acids is 1. The molecule has 2 aromatic rings. The van der Waals surface area contributed by atoms with Gasteiger partial charge in [-0.05, 0) is 12.5 Å². The number of hydrogen-bond acceptors (Lipinski definition) is 5.